The first-order chi connectivity index (χ1) is 13.0. The Kier molecular flexibility index (Phi) is 4.88. The van der Waals surface area contributed by atoms with Gasteiger partial charge in [0.15, 0.2) is 5.82 Å². The topological polar surface area (TPSA) is 52.8 Å². The molecule has 1 aromatic carbocycles. The summed E-state index contributed by atoms with van der Waals surface area (Å²) in [5, 5.41) is 5.47. The molecule has 27 heavy (non-hydrogen) atoms. The average Bonchev–Trinajstić information content (AvgIpc) is 3.03. The highest BCUT2D eigenvalue weighted by atomic mass is 35.5. The lowest BCUT2D eigenvalue weighted by Crippen LogP contribution is -2.46. The molecule has 7 nitrogen and oxygen atoms in total. The molecule has 0 bridgehead atoms. The number of hydrogen-bond acceptors (Lipinski definition) is 6. The van der Waals surface area contributed by atoms with Gasteiger partial charge in [0.2, 0.25) is 0 Å². The fourth-order valence-electron chi connectivity index (χ4n) is 3.43. The van der Waals surface area contributed by atoms with E-state index in [2.05, 4.69) is 30.9 Å². The lowest BCUT2D eigenvalue weighted by molar-refractivity contribution is 0.244. The summed E-state index contributed by atoms with van der Waals surface area (Å²) in [6.07, 6.45) is 0. The second-order valence-corrected chi connectivity index (χ2v) is 7.57. The highest BCUT2D eigenvalue weighted by Gasteiger charge is 2.20. The van der Waals surface area contributed by atoms with Crippen LogP contribution in [0, 0.1) is 6.92 Å². The minimum atomic E-state index is 0.659. The largest absolute Gasteiger partial charge is 0.369 e. The van der Waals surface area contributed by atoms with E-state index < -0.39 is 0 Å². The van der Waals surface area contributed by atoms with Crippen LogP contribution in [0.15, 0.2) is 30.3 Å². The molecule has 0 atom stereocenters. The molecule has 3 aromatic rings. The second kappa shape index (κ2) is 7.32. The van der Waals surface area contributed by atoms with Crippen molar-refractivity contribution in [1.29, 1.82) is 0 Å². The molecule has 2 aromatic heterocycles. The van der Waals surface area contributed by atoms with Gasteiger partial charge in [-0.05, 0) is 25.1 Å². The molecule has 0 unspecified atom stereocenters. The van der Waals surface area contributed by atoms with Crippen molar-refractivity contribution in [3.05, 3.63) is 46.9 Å². The Morgan fingerprint density at radius 3 is 2.56 bits per heavy atom. The summed E-state index contributed by atoms with van der Waals surface area (Å²) >= 11 is 6.12. The predicted molar refractivity (Wildman–Crippen MR) is 109 cm³/mol. The van der Waals surface area contributed by atoms with E-state index in [1.54, 1.807) is 0 Å². The van der Waals surface area contributed by atoms with Crippen molar-refractivity contribution in [1.82, 2.24) is 24.5 Å². The molecule has 8 heteroatoms. The molecule has 4 rings (SSSR count). The van der Waals surface area contributed by atoms with Crippen LogP contribution in [0.4, 0.5) is 11.5 Å². The molecule has 0 radical (unpaired) electrons. The van der Waals surface area contributed by atoms with Gasteiger partial charge in [-0.1, -0.05) is 17.7 Å². The van der Waals surface area contributed by atoms with Gasteiger partial charge in [-0.3, -0.25) is 4.90 Å². The number of nitrogens with zero attached hydrogens (tertiary/aromatic N) is 7. The molecule has 1 fully saturated rings. The Bertz CT molecular complexity index is 944. The van der Waals surface area contributed by atoms with E-state index in [0.717, 1.165) is 55.1 Å². The monoisotopic (exact) mass is 385 g/mol. The molecule has 0 saturated carbocycles. The summed E-state index contributed by atoms with van der Waals surface area (Å²) in [6, 6.07) is 10.1. The molecule has 1 saturated heterocycles. The maximum absolute atomic E-state index is 6.12. The van der Waals surface area contributed by atoms with Crippen molar-refractivity contribution in [3.63, 3.8) is 0 Å². The Morgan fingerprint density at radius 1 is 1.07 bits per heavy atom. The van der Waals surface area contributed by atoms with E-state index in [-0.39, 0.29) is 0 Å². The van der Waals surface area contributed by atoms with Crippen LogP contribution in [-0.4, -0.2) is 64.8 Å². The molecule has 142 valence electrons. The van der Waals surface area contributed by atoms with E-state index >= 15 is 0 Å². The van der Waals surface area contributed by atoms with Crippen molar-refractivity contribution in [2.75, 3.05) is 50.1 Å². The fraction of sp³-hybridized carbons (Fsp3) is 0.421. The van der Waals surface area contributed by atoms with Gasteiger partial charge in [0.25, 0.3) is 5.78 Å². The fourth-order valence-corrected chi connectivity index (χ4v) is 3.62. The molecule has 0 amide bonds. The summed E-state index contributed by atoms with van der Waals surface area (Å²) in [6.45, 7) is 6.58. The van der Waals surface area contributed by atoms with Gasteiger partial charge >= 0.3 is 0 Å². The third-order valence-electron chi connectivity index (χ3n) is 4.83. The zero-order chi connectivity index (χ0) is 19.0. The maximum Gasteiger partial charge on any atom is 0.254 e. The Labute approximate surface area is 164 Å². The van der Waals surface area contributed by atoms with Crippen LogP contribution in [0.25, 0.3) is 5.78 Å². The highest BCUT2D eigenvalue weighted by molar-refractivity contribution is 6.30. The van der Waals surface area contributed by atoms with E-state index in [0.29, 0.717) is 5.78 Å². The molecular weight excluding hydrogens is 362 g/mol. The SMILES string of the molecule is Cc1cc(N(C)C)n2nc(CN3CCN(c4cccc(Cl)c4)CC3)nc2n1. The number of aromatic nitrogens is 4. The Morgan fingerprint density at radius 2 is 1.85 bits per heavy atom. The van der Waals surface area contributed by atoms with Crippen molar-refractivity contribution in [2.45, 2.75) is 13.5 Å². The van der Waals surface area contributed by atoms with Crippen LogP contribution in [0.3, 0.4) is 0 Å². The first-order valence-corrected chi connectivity index (χ1v) is 9.51. The molecular formula is C19H24ClN7. The third kappa shape index (κ3) is 3.84. The zero-order valence-corrected chi connectivity index (χ0v) is 16.7. The number of piperazine rings is 1. The van der Waals surface area contributed by atoms with Crippen molar-refractivity contribution < 1.29 is 0 Å². The van der Waals surface area contributed by atoms with E-state index in [1.807, 2.05) is 54.7 Å². The zero-order valence-electron chi connectivity index (χ0n) is 15.9. The van der Waals surface area contributed by atoms with Crippen LogP contribution >= 0.6 is 11.6 Å². The van der Waals surface area contributed by atoms with Crippen LogP contribution < -0.4 is 9.80 Å². The van der Waals surface area contributed by atoms with E-state index in [4.69, 9.17) is 11.6 Å². The minimum Gasteiger partial charge on any atom is -0.369 e. The number of hydrogen-bond donors (Lipinski definition) is 0. The number of aryl methyl sites for hydroxylation is 1. The quantitative estimate of drug-likeness (QED) is 0.687. The van der Waals surface area contributed by atoms with Gasteiger partial charge in [-0.25, -0.2) is 4.98 Å². The molecule has 1 aliphatic rings. The first kappa shape index (κ1) is 18.0. The Balaban J connectivity index is 1.45. The van der Waals surface area contributed by atoms with Gasteiger partial charge in [-0.2, -0.15) is 9.50 Å². The Hall–Kier alpha value is -2.38. The lowest BCUT2D eigenvalue weighted by Gasteiger charge is -2.35. The van der Waals surface area contributed by atoms with Crippen molar-refractivity contribution in [3.8, 4) is 0 Å². The van der Waals surface area contributed by atoms with Crippen molar-refractivity contribution >= 4 is 28.9 Å². The smallest absolute Gasteiger partial charge is 0.254 e. The van der Waals surface area contributed by atoms with Gasteiger partial charge in [0.05, 0.1) is 6.54 Å². The summed E-state index contributed by atoms with van der Waals surface area (Å²) in [4.78, 5) is 15.9. The number of anilines is 2. The average molecular weight is 386 g/mol. The van der Waals surface area contributed by atoms with Crippen LogP contribution in [-0.2, 0) is 6.54 Å². The maximum atomic E-state index is 6.12. The number of benzene rings is 1. The molecule has 0 aliphatic carbocycles. The number of fused-ring (bicyclic) bond motifs is 1. The summed E-state index contributed by atoms with van der Waals surface area (Å²) in [5.41, 5.74) is 2.13. The van der Waals surface area contributed by atoms with Crippen LogP contribution in [0.5, 0.6) is 0 Å². The molecule has 1 aliphatic heterocycles. The second-order valence-electron chi connectivity index (χ2n) is 7.13. The van der Waals surface area contributed by atoms with Crippen LogP contribution in [0.2, 0.25) is 5.02 Å². The van der Waals surface area contributed by atoms with Gasteiger partial charge in [0, 0.05) is 62.7 Å². The van der Waals surface area contributed by atoms with Gasteiger partial charge < -0.3 is 9.80 Å². The standard InChI is InChI=1S/C19H24ClN7/c1-14-11-18(24(2)3)27-19(21-14)22-17(23-27)13-25-7-9-26(10-8-25)16-6-4-5-15(20)12-16/h4-6,11-12H,7-10,13H2,1-3H3. The molecule has 3 heterocycles. The summed E-state index contributed by atoms with van der Waals surface area (Å²) in [7, 11) is 4.01. The van der Waals surface area contributed by atoms with E-state index in [1.165, 1.54) is 5.69 Å². The lowest BCUT2D eigenvalue weighted by atomic mass is 10.2. The normalized spacial score (nSPS) is 15.5. The number of rotatable bonds is 4. The van der Waals surface area contributed by atoms with E-state index in [9.17, 15) is 0 Å². The predicted octanol–water partition coefficient (Wildman–Crippen LogP) is 2.47. The first-order valence-electron chi connectivity index (χ1n) is 9.13. The van der Waals surface area contributed by atoms with Crippen LogP contribution in [0.1, 0.15) is 11.5 Å². The summed E-state index contributed by atoms with van der Waals surface area (Å²) in [5.74, 6) is 2.46. The summed E-state index contributed by atoms with van der Waals surface area (Å²) < 4.78 is 1.82. The highest BCUT2D eigenvalue weighted by Crippen LogP contribution is 2.21. The number of halogens is 1. The molecule has 0 N–H and O–H groups in total. The van der Waals surface area contributed by atoms with Gasteiger partial charge in [-0.15, -0.1) is 5.10 Å². The third-order valence-corrected chi connectivity index (χ3v) is 5.07. The molecule has 0 spiro atoms. The van der Waals surface area contributed by atoms with Crippen molar-refractivity contribution in [2.24, 2.45) is 0 Å². The van der Waals surface area contributed by atoms with Gasteiger partial charge in [0.1, 0.15) is 5.82 Å². The minimum absolute atomic E-state index is 0.659.